The predicted octanol–water partition coefficient (Wildman–Crippen LogP) is 4.05. The number of carbonyl (C=O) groups excluding carboxylic acids is 1. The molecule has 0 aliphatic heterocycles. The number of halogens is 1. The van der Waals surface area contributed by atoms with Gasteiger partial charge in [-0.05, 0) is 36.8 Å². The van der Waals surface area contributed by atoms with Crippen LogP contribution in [0.2, 0.25) is 0 Å². The fraction of sp³-hybridized carbons (Fsp3) is 0.238. The average Bonchev–Trinajstić information content (AvgIpc) is 3.11. The van der Waals surface area contributed by atoms with Gasteiger partial charge in [0.15, 0.2) is 0 Å². The summed E-state index contributed by atoms with van der Waals surface area (Å²) in [6.45, 7) is 3.29. The number of aromatic nitrogens is 1. The van der Waals surface area contributed by atoms with Gasteiger partial charge in [0.1, 0.15) is 12.1 Å². The molecule has 0 radical (unpaired) electrons. The molecule has 0 amide bonds. The lowest BCUT2D eigenvalue weighted by Crippen LogP contribution is -2.30. The van der Waals surface area contributed by atoms with Crippen molar-refractivity contribution in [2.24, 2.45) is 0 Å². The van der Waals surface area contributed by atoms with Gasteiger partial charge in [-0.15, -0.1) is 0 Å². The van der Waals surface area contributed by atoms with E-state index in [9.17, 15) is 9.18 Å². The van der Waals surface area contributed by atoms with Crippen LogP contribution < -0.4 is 0 Å². The van der Waals surface area contributed by atoms with Crippen LogP contribution in [-0.4, -0.2) is 29.0 Å². The molecule has 0 fully saturated rings. The summed E-state index contributed by atoms with van der Waals surface area (Å²) in [6, 6.07) is 15.8. The Morgan fingerprint density at radius 1 is 1.11 bits per heavy atom. The Kier molecular flexibility index (Phi) is 6.33. The molecule has 2 aromatic carbocycles. The maximum atomic E-state index is 13.1. The Balaban J connectivity index is 1.72. The molecule has 3 aromatic rings. The second-order valence-electron chi connectivity index (χ2n) is 6.09. The summed E-state index contributed by atoms with van der Waals surface area (Å²) in [5.74, 6) is -0.175. The molecule has 6 heteroatoms. The van der Waals surface area contributed by atoms with E-state index in [0.717, 1.165) is 5.56 Å². The molecule has 0 saturated heterocycles. The van der Waals surface area contributed by atoms with Crippen LogP contribution in [0.25, 0.3) is 11.5 Å². The van der Waals surface area contributed by atoms with Crippen LogP contribution in [0.1, 0.15) is 18.2 Å². The van der Waals surface area contributed by atoms with Crippen LogP contribution in [0.15, 0.2) is 65.3 Å². The lowest BCUT2D eigenvalue weighted by atomic mass is 10.2. The number of rotatable bonds is 8. The molecule has 1 aromatic heterocycles. The number of nitrogens with zero attached hydrogens (tertiary/aromatic N) is 2. The number of ether oxygens (including phenoxy) is 1. The van der Waals surface area contributed by atoms with Gasteiger partial charge in [0.05, 0.1) is 18.8 Å². The average molecular weight is 368 g/mol. The number of hydrogen-bond acceptors (Lipinski definition) is 5. The molecule has 3 rings (SSSR count). The van der Waals surface area contributed by atoms with Gasteiger partial charge in [-0.3, -0.25) is 9.69 Å². The first-order valence-corrected chi connectivity index (χ1v) is 8.76. The van der Waals surface area contributed by atoms with E-state index in [-0.39, 0.29) is 18.3 Å². The van der Waals surface area contributed by atoms with Gasteiger partial charge in [0, 0.05) is 18.7 Å². The first kappa shape index (κ1) is 18.8. The molecular formula is C21H21FN2O3. The van der Waals surface area contributed by atoms with Crippen molar-refractivity contribution >= 4 is 5.97 Å². The zero-order valence-electron chi connectivity index (χ0n) is 15.1. The van der Waals surface area contributed by atoms with Crippen molar-refractivity contribution in [1.29, 1.82) is 0 Å². The molecule has 0 aliphatic rings. The van der Waals surface area contributed by atoms with Crippen LogP contribution in [0, 0.1) is 5.82 Å². The monoisotopic (exact) mass is 368 g/mol. The molecule has 140 valence electrons. The number of benzene rings is 2. The van der Waals surface area contributed by atoms with E-state index in [1.54, 1.807) is 25.3 Å². The number of oxazole rings is 1. The van der Waals surface area contributed by atoms with E-state index in [1.807, 2.05) is 35.2 Å². The molecule has 0 spiro atoms. The quantitative estimate of drug-likeness (QED) is 0.562. The predicted molar refractivity (Wildman–Crippen MR) is 99.1 cm³/mol. The van der Waals surface area contributed by atoms with E-state index >= 15 is 0 Å². The molecule has 0 atom stereocenters. The smallest absolute Gasteiger partial charge is 0.320 e. The molecule has 5 nitrogen and oxygen atoms in total. The third-order valence-corrected chi connectivity index (χ3v) is 3.94. The minimum absolute atomic E-state index is 0.154. The van der Waals surface area contributed by atoms with Gasteiger partial charge in [0.25, 0.3) is 0 Å². The zero-order chi connectivity index (χ0) is 19.1. The highest BCUT2D eigenvalue weighted by Gasteiger charge is 2.16. The van der Waals surface area contributed by atoms with Crippen molar-refractivity contribution in [3.8, 4) is 11.5 Å². The number of carbonyl (C=O) groups is 1. The summed E-state index contributed by atoms with van der Waals surface area (Å²) in [4.78, 5) is 18.4. The Morgan fingerprint density at radius 3 is 2.56 bits per heavy atom. The minimum atomic E-state index is -0.311. The molecular weight excluding hydrogens is 347 g/mol. The fourth-order valence-electron chi connectivity index (χ4n) is 2.73. The fourth-order valence-corrected chi connectivity index (χ4v) is 2.73. The topological polar surface area (TPSA) is 55.6 Å². The summed E-state index contributed by atoms with van der Waals surface area (Å²) in [5, 5.41) is 0. The Hall–Kier alpha value is -2.99. The van der Waals surface area contributed by atoms with Crippen molar-refractivity contribution in [1.82, 2.24) is 9.88 Å². The number of esters is 1. The normalized spacial score (nSPS) is 10.9. The molecule has 27 heavy (non-hydrogen) atoms. The standard InChI is InChI=1S/C21H21FN2O3/c1-2-26-20(25)14-24(12-16-6-4-3-5-7-16)13-19-15-27-21(23-19)17-8-10-18(22)11-9-17/h3-11,15H,2,12-14H2,1H3. The number of hydrogen-bond donors (Lipinski definition) is 0. The summed E-state index contributed by atoms with van der Waals surface area (Å²) in [7, 11) is 0. The Bertz CT molecular complexity index is 863. The van der Waals surface area contributed by atoms with E-state index in [1.165, 1.54) is 12.1 Å². The van der Waals surface area contributed by atoms with Crippen LogP contribution in [0.3, 0.4) is 0 Å². The van der Waals surface area contributed by atoms with Gasteiger partial charge in [0.2, 0.25) is 5.89 Å². The van der Waals surface area contributed by atoms with E-state index in [2.05, 4.69) is 4.98 Å². The zero-order valence-corrected chi connectivity index (χ0v) is 15.1. The van der Waals surface area contributed by atoms with Crippen molar-refractivity contribution in [3.63, 3.8) is 0 Å². The lowest BCUT2D eigenvalue weighted by Gasteiger charge is -2.20. The van der Waals surface area contributed by atoms with E-state index < -0.39 is 0 Å². The van der Waals surface area contributed by atoms with Gasteiger partial charge >= 0.3 is 5.97 Å². The SMILES string of the molecule is CCOC(=O)CN(Cc1ccccc1)Cc1coc(-c2ccc(F)cc2)n1. The van der Waals surface area contributed by atoms with E-state index in [0.29, 0.717) is 36.8 Å². The second kappa shape index (κ2) is 9.09. The largest absolute Gasteiger partial charge is 0.465 e. The van der Waals surface area contributed by atoms with Crippen molar-refractivity contribution < 1.29 is 18.3 Å². The van der Waals surface area contributed by atoms with Crippen molar-refractivity contribution in [2.75, 3.05) is 13.2 Å². The Labute approximate surface area is 157 Å². The van der Waals surface area contributed by atoms with Crippen molar-refractivity contribution in [2.45, 2.75) is 20.0 Å². The highest BCUT2D eigenvalue weighted by molar-refractivity contribution is 5.71. The molecule has 0 N–H and O–H groups in total. The van der Waals surface area contributed by atoms with Gasteiger partial charge < -0.3 is 9.15 Å². The highest BCUT2D eigenvalue weighted by Crippen LogP contribution is 2.20. The third-order valence-electron chi connectivity index (χ3n) is 3.94. The summed E-state index contributed by atoms with van der Waals surface area (Å²) < 4.78 is 23.7. The molecule has 0 unspecified atom stereocenters. The maximum absolute atomic E-state index is 13.1. The van der Waals surface area contributed by atoms with Crippen LogP contribution >= 0.6 is 0 Å². The van der Waals surface area contributed by atoms with Crippen LogP contribution in [-0.2, 0) is 22.6 Å². The Morgan fingerprint density at radius 2 is 1.85 bits per heavy atom. The maximum Gasteiger partial charge on any atom is 0.320 e. The third kappa shape index (κ3) is 5.49. The molecule has 0 aliphatic carbocycles. The van der Waals surface area contributed by atoms with Crippen LogP contribution in [0.4, 0.5) is 4.39 Å². The van der Waals surface area contributed by atoms with E-state index in [4.69, 9.17) is 9.15 Å². The molecule has 0 bridgehead atoms. The second-order valence-corrected chi connectivity index (χ2v) is 6.09. The van der Waals surface area contributed by atoms with Gasteiger partial charge in [-0.25, -0.2) is 9.37 Å². The summed E-state index contributed by atoms with van der Waals surface area (Å²) in [5.41, 5.74) is 2.47. The van der Waals surface area contributed by atoms with Gasteiger partial charge in [-0.2, -0.15) is 0 Å². The summed E-state index contributed by atoms with van der Waals surface area (Å²) in [6.07, 6.45) is 1.56. The first-order valence-electron chi connectivity index (χ1n) is 8.76. The summed E-state index contributed by atoms with van der Waals surface area (Å²) >= 11 is 0. The van der Waals surface area contributed by atoms with Crippen molar-refractivity contribution in [3.05, 3.63) is 77.9 Å². The van der Waals surface area contributed by atoms with Crippen LogP contribution in [0.5, 0.6) is 0 Å². The highest BCUT2D eigenvalue weighted by atomic mass is 19.1. The minimum Gasteiger partial charge on any atom is -0.465 e. The lowest BCUT2D eigenvalue weighted by molar-refractivity contribution is -0.144. The van der Waals surface area contributed by atoms with Gasteiger partial charge in [-0.1, -0.05) is 30.3 Å². The molecule has 0 saturated carbocycles. The first-order chi connectivity index (χ1) is 13.1. The molecule has 1 heterocycles.